The van der Waals surface area contributed by atoms with Gasteiger partial charge in [-0.1, -0.05) is 29.8 Å². The van der Waals surface area contributed by atoms with Crippen LogP contribution in [-0.2, 0) is 0 Å². The maximum atomic E-state index is 10.5. The van der Waals surface area contributed by atoms with Gasteiger partial charge in [-0.25, -0.2) is 0 Å². The molecule has 1 N–H and O–H groups in total. The van der Waals surface area contributed by atoms with Crippen molar-refractivity contribution in [1.82, 2.24) is 0 Å². The number of ether oxygens (including phenoxy) is 3. The summed E-state index contributed by atoms with van der Waals surface area (Å²) in [4.78, 5) is 0. The smallest absolute Gasteiger partial charge is 0.163 e. The van der Waals surface area contributed by atoms with Crippen molar-refractivity contribution in [1.29, 1.82) is 0 Å². The predicted molar refractivity (Wildman–Crippen MR) is 79.3 cm³/mol. The van der Waals surface area contributed by atoms with Crippen molar-refractivity contribution in [2.24, 2.45) is 0 Å². The molecule has 1 aliphatic rings. The fourth-order valence-electron chi connectivity index (χ4n) is 2.27. The minimum atomic E-state index is -0.878. The SMILES string of the molecule is COc1ccc(C(O)C2COc3ccccc3O2)c(Cl)c1. The van der Waals surface area contributed by atoms with Gasteiger partial charge in [0.25, 0.3) is 0 Å². The second-order valence-electron chi connectivity index (χ2n) is 4.75. The van der Waals surface area contributed by atoms with Gasteiger partial charge in [0.05, 0.1) is 12.1 Å². The Morgan fingerprint density at radius 2 is 2.00 bits per heavy atom. The zero-order valence-corrected chi connectivity index (χ0v) is 12.2. The summed E-state index contributed by atoms with van der Waals surface area (Å²) in [5.41, 5.74) is 0.588. The lowest BCUT2D eigenvalue weighted by Gasteiger charge is -2.30. The van der Waals surface area contributed by atoms with E-state index >= 15 is 0 Å². The highest BCUT2D eigenvalue weighted by molar-refractivity contribution is 6.31. The molecule has 2 unspecified atom stereocenters. The van der Waals surface area contributed by atoms with Crippen LogP contribution in [0.5, 0.6) is 17.2 Å². The van der Waals surface area contributed by atoms with Crippen molar-refractivity contribution in [3.05, 3.63) is 53.1 Å². The summed E-state index contributed by atoms with van der Waals surface area (Å²) < 4.78 is 16.5. The molecule has 0 radical (unpaired) electrons. The molecule has 0 amide bonds. The van der Waals surface area contributed by atoms with Crippen LogP contribution in [0.25, 0.3) is 0 Å². The highest BCUT2D eigenvalue weighted by Crippen LogP contribution is 2.36. The van der Waals surface area contributed by atoms with Crippen molar-refractivity contribution in [2.75, 3.05) is 13.7 Å². The van der Waals surface area contributed by atoms with Gasteiger partial charge in [0.2, 0.25) is 0 Å². The topological polar surface area (TPSA) is 47.9 Å². The van der Waals surface area contributed by atoms with Gasteiger partial charge < -0.3 is 19.3 Å². The zero-order chi connectivity index (χ0) is 14.8. The quantitative estimate of drug-likeness (QED) is 0.946. The van der Waals surface area contributed by atoms with Crippen LogP contribution in [0.15, 0.2) is 42.5 Å². The Morgan fingerprint density at radius 1 is 1.24 bits per heavy atom. The summed E-state index contributed by atoms with van der Waals surface area (Å²) in [5.74, 6) is 1.95. The lowest BCUT2D eigenvalue weighted by atomic mass is 10.0. The first-order chi connectivity index (χ1) is 10.2. The second-order valence-corrected chi connectivity index (χ2v) is 5.15. The lowest BCUT2D eigenvalue weighted by molar-refractivity contribution is -0.0112. The van der Waals surface area contributed by atoms with E-state index in [4.69, 9.17) is 25.8 Å². The van der Waals surface area contributed by atoms with Crippen LogP contribution in [-0.4, -0.2) is 24.9 Å². The Balaban J connectivity index is 1.82. The van der Waals surface area contributed by atoms with Gasteiger partial charge in [-0.2, -0.15) is 0 Å². The number of methoxy groups -OCH3 is 1. The Morgan fingerprint density at radius 3 is 2.71 bits per heavy atom. The number of aliphatic hydroxyl groups is 1. The van der Waals surface area contributed by atoms with Crippen molar-refractivity contribution in [2.45, 2.75) is 12.2 Å². The van der Waals surface area contributed by atoms with E-state index in [-0.39, 0.29) is 6.61 Å². The average Bonchev–Trinajstić information content (AvgIpc) is 2.53. The number of para-hydroxylation sites is 2. The molecule has 4 nitrogen and oxygen atoms in total. The summed E-state index contributed by atoms with van der Waals surface area (Å²) in [7, 11) is 1.57. The first-order valence-electron chi connectivity index (χ1n) is 6.59. The number of hydrogen-bond acceptors (Lipinski definition) is 4. The molecule has 0 spiro atoms. The maximum Gasteiger partial charge on any atom is 0.163 e. The van der Waals surface area contributed by atoms with E-state index in [9.17, 15) is 5.11 Å². The van der Waals surface area contributed by atoms with Crippen molar-refractivity contribution in [3.8, 4) is 17.2 Å². The average molecular weight is 307 g/mol. The number of benzene rings is 2. The molecule has 0 aromatic heterocycles. The molecule has 0 saturated heterocycles. The zero-order valence-electron chi connectivity index (χ0n) is 11.5. The molecule has 5 heteroatoms. The predicted octanol–water partition coefficient (Wildman–Crippen LogP) is 3.22. The first kappa shape index (κ1) is 14.0. The monoisotopic (exact) mass is 306 g/mol. The fraction of sp³-hybridized carbons (Fsp3) is 0.250. The van der Waals surface area contributed by atoms with Crippen LogP contribution in [0.4, 0.5) is 0 Å². The molecule has 110 valence electrons. The molecule has 0 aliphatic carbocycles. The maximum absolute atomic E-state index is 10.5. The van der Waals surface area contributed by atoms with E-state index in [1.807, 2.05) is 24.3 Å². The molecule has 0 saturated carbocycles. The Hall–Kier alpha value is -1.91. The van der Waals surface area contributed by atoms with Crippen LogP contribution < -0.4 is 14.2 Å². The van der Waals surface area contributed by atoms with Crippen LogP contribution in [0.2, 0.25) is 5.02 Å². The van der Waals surface area contributed by atoms with Gasteiger partial charge in [0.1, 0.15) is 18.5 Å². The van der Waals surface area contributed by atoms with Crippen LogP contribution in [0, 0.1) is 0 Å². The Kier molecular flexibility index (Phi) is 3.90. The van der Waals surface area contributed by atoms with Crippen molar-refractivity contribution < 1.29 is 19.3 Å². The molecule has 2 aromatic rings. The second kappa shape index (κ2) is 5.84. The van der Waals surface area contributed by atoms with E-state index in [0.29, 0.717) is 27.8 Å². The molecule has 0 bridgehead atoms. The molecule has 2 aromatic carbocycles. The highest BCUT2D eigenvalue weighted by atomic mass is 35.5. The molecule has 2 atom stereocenters. The summed E-state index contributed by atoms with van der Waals surface area (Å²) in [5, 5.41) is 10.9. The third-order valence-electron chi connectivity index (χ3n) is 3.41. The van der Waals surface area contributed by atoms with Crippen molar-refractivity contribution in [3.63, 3.8) is 0 Å². The first-order valence-corrected chi connectivity index (χ1v) is 6.97. The van der Waals surface area contributed by atoms with E-state index in [2.05, 4.69) is 0 Å². The summed E-state index contributed by atoms with van der Waals surface area (Å²) >= 11 is 6.19. The Labute approximate surface area is 127 Å². The molecule has 1 aliphatic heterocycles. The van der Waals surface area contributed by atoms with Crippen molar-refractivity contribution >= 4 is 11.6 Å². The van der Waals surface area contributed by atoms with Gasteiger partial charge in [0.15, 0.2) is 17.6 Å². The van der Waals surface area contributed by atoms with Gasteiger partial charge in [0, 0.05) is 5.56 Å². The number of rotatable bonds is 3. The molecule has 0 fully saturated rings. The number of fused-ring (bicyclic) bond motifs is 1. The molecular formula is C16H15ClO4. The highest BCUT2D eigenvalue weighted by Gasteiger charge is 2.29. The number of halogens is 1. The molecule has 21 heavy (non-hydrogen) atoms. The fourth-order valence-corrected chi connectivity index (χ4v) is 2.55. The molecule has 3 rings (SSSR count). The van der Waals surface area contributed by atoms with Gasteiger partial charge in [-0.3, -0.25) is 0 Å². The summed E-state index contributed by atoms with van der Waals surface area (Å²) in [6, 6.07) is 12.5. The number of hydrogen-bond donors (Lipinski definition) is 1. The van der Waals surface area contributed by atoms with Gasteiger partial charge in [-0.15, -0.1) is 0 Å². The normalized spacial score (nSPS) is 18.1. The van der Waals surface area contributed by atoms with E-state index < -0.39 is 12.2 Å². The molecule has 1 heterocycles. The summed E-state index contributed by atoms with van der Waals surface area (Å²) in [6.45, 7) is 0.264. The van der Waals surface area contributed by atoms with Crippen LogP contribution in [0.1, 0.15) is 11.7 Å². The van der Waals surface area contributed by atoms with E-state index in [1.54, 1.807) is 25.3 Å². The minimum Gasteiger partial charge on any atom is -0.497 e. The standard InChI is InChI=1S/C16H15ClO4/c1-19-10-6-7-11(12(17)8-10)16(18)15-9-20-13-4-2-3-5-14(13)21-15/h2-8,15-16,18H,9H2,1H3. The van der Waals surface area contributed by atoms with Crippen LogP contribution in [0.3, 0.4) is 0 Å². The van der Waals surface area contributed by atoms with E-state index in [0.717, 1.165) is 0 Å². The van der Waals surface area contributed by atoms with E-state index in [1.165, 1.54) is 0 Å². The lowest BCUT2D eigenvalue weighted by Crippen LogP contribution is -2.35. The minimum absolute atomic E-state index is 0.264. The summed E-state index contributed by atoms with van der Waals surface area (Å²) in [6.07, 6.45) is -1.39. The number of aliphatic hydroxyl groups excluding tert-OH is 1. The Bertz CT molecular complexity index is 644. The van der Waals surface area contributed by atoms with Crippen LogP contribution >= 0.6 is 11.6 Å². The molecular weight excluding hydrogens is 292 g/mol. The third kappa shape index (κ3) is 2.77. The largest absolute Gasteiger partial charge is 0.497 e. The van der Waals surface area contributed by atoms with Gasteiger partial charge >= 0.3 is 0 Å². The third-order valence-corrected chi connectivity index (χ3v) is 3.74. The van der Waals surface area contributed by atoms with Gasteiger partial charge in [-0.05, 0) is 24.3 Å².